The van der Waals surface area contributed by atoms with Crippen LogP contribution in [0.25, 0.3) is 11.1 Å². The van der Waals surface area contributed by atoms with Gasteiger partial charge in [-0.2, -0.15) is 0 Å². The number of carbonyl (C=O) groups is 2. The summed E-state index contributed by atoms with van der Waals surface area (Å²) in [6.07, 6.45) is 0.761. The van der Waals surface area contributed by atoms with E-state index in [9.17, 15) is 9.59 Å². The SMILES string of the molecule is O=Cc1cccc(-c2ccc(C(=O)O)c(Cl)c2)c1. The molecule has 2 aromatic carbocycles. The Morgan fingerprint density at radius 2 is 1.83 bits per heavy atom. The molecule has 2 aromatic rings. The van der Waals surface area contributed by atoms with Crippen LogP contribution in [0.4, 0.5) is 0 Å². The van der Waals surface area contributed by atoms with Gasteiger partial charge in [0.05, 0.1) is 10.6 Å². The van der Waals surface area contributed by atoms with Crippen LogP contribution in [0.2, 0.25) is 5.02 Å². The number of halogens is 1. The van der Waals surface area contributed by atoms with E-state index in [1.165, 1.54) is 6.07 Å². The molecular formula is C14H9ClO3. The molecule has 0 fully saturated rings. The van der Waals surface area contributed by atoms with Crippen LogP contribution in [0.5, 0.6) is 0 Å². The third-order valence-electron chi connectivity index (χ3n) is 2.56. The lowest BCUT2D eigenvalue weighted by Gasteiger charge is -2.05. The zero-order valence-electron chi connectivity index (χ0n) is 9.26. The second kappa shape index (κ2) is 5.02. The van der Waals surface area contributed by atoms with Gasteiger partial charge >= 0.3 is 5.97 Å². The fraction of sp³-hybridized carbons (Fsp3) is 0. The highest BCUT2D eigenvalue weighted by Gasteiger charge is 2.09. The van der Waals surface area contributed by atoms with E-state index in [2.05, 4.69) is 0 Å². The molecule has 2 rings (SSSR count). The molecule has 0 spiro atoms. The van der Waals surface area contributed by atoms with Gasteiger partial charge in [0.1, 0.15) is 6.29 Å². The van der Waals surface area contributed by atoms with Gasteiger partial charge in [0.25, 0.3) is 0 Å². The zero-order valence-corrected chi connectivity index (χ0v) is 10.0. The van der Waals surface area contributed by atoms with Gasteiger partial charge in [-0.05, 0) is 29.3 Å². The van der Waals surface area contributed by atoms with Crippen molar-refractivity contribution in [1.82, 2.24) is 0 Å². The molecule has 18 heavy (non-hydrogen) atoms. The molecule has 0 atom stereocenters. The summed E-state index contributed by atoms with van der Waals surface area (Å²) in [7, 11) is 0. The van der Waals surface area contributed by atoms with E-state index in [1.54, 1.807) is 30.3 Å². The maximum absolute atomic E-state index is 10.8. The van der Waals surface area contributed by atoms with Gasteiger partial charge in [0.15, 0.2) is 0 Å². The van der Waals surface area contributed by atoms with Gasteiger partial charge in [0.2, 0.25) is 0 Å². The van der Waals surface area contributed by atoms with Gasteiger partial charge in [-0.25, -0.2) is 4.79 Å². The third kappa shape index (κ3) is 2.41. The fourth-order valence-corrected chi connectivity index (χ4v) is 1.92. The number of aldehydes is 1. The van der Waals surface area contributed by atoms with Crippen LogP contribution in [0.15, 0.2) is 42.5 Å². The zero-order chi connectivity index (χ0) is 13.1. The maximum atomic E-state index is 10.8. The number of carboxylic acid groups (broad SMARTS) is 1. The highest BCUT2D eigenvalue weighted by molar-refractivity contribution is 6.33. The van der Waals surface area contributed by atoms with Crippen LogP contribution in [0.3, 0.4) is 0 Å². The minimum Gasteiger partial charge on any atom is -0.478 e. The molecule has 0 aliphatic carbocycles. The van der Waals surface area contributed by atoms with Crippen molar-refractivity contribution in [1.29, 1.82) is 0 Å². The molecule has 90 valence electrons. The summed E-state index contributed by atoms with van der Waals surface area (Å²) in [5, 5.41) is 9.06. The smallest absolute Gasteiger partial charge is 0.337 e. The van der Waals surface area contributed by atoms with Crippen molar-refractivity contribution < 1.29 is 14.7 Å². The molecule has 0 unspecified atom stereocenters. The Morgan fingerprint density at radius 1 is 1.11 bits per heavy atom. The first-order valence-corrected chi connectivity index (χ1v) is 5.58. The van der Waals surface area contributed by atoms with Crippen molar-refractivity contribution in [3.05, 3.63) is 58.6 Å². The van der Waals surface area contributed by atoms with Crippen molar-refractivity contribution in [2.45, 2.75) is 0 Å². The Labute approximate surface area is 109 Å². The Bertz CT molecular complexity index is 620. The molecule has 0 aliphatic rings. The number of rotatable bonds is 3. The first-order valence-electron chi connectivity index (χ1n) is 5.20. The van der Waals surface area contributed by atoms with E-state index in [1.807, 2.05) is 6.07 Å². The highest BCUT2D eigenvalue weighted by Crippen LogP contribution is 2.26. The maximum Gasteiger partial charge on any atom is 0.337 e. The molecular weight excluding hydrogens is 252 g/mol. The fourth-order valence-electron chi connectivity index (χ4n) is 1.66. The lowest BCUT2D eigenvalue weighted by atomic mass is 10.0. The van der Waals surface area contributed by atoms with E-state index >= 15 is 0 Å². The van der Waals surface area contributed by atoms with Gasteiger partial charge in [-0.1, -0.05) is 35.9 Å². The summed E-state index contributed by atoms with van der Waals surface area (Å²) < 4.78 is 0. The molecule has 0 saturated heterocycles. The van der Waals surface area contributed by atoms with E-state index in [0.717, 1.165) is 17.4 Å². The molecule has 0 amide bonds. The number of carboxylic acids is 1. The normalized spacial score (nSPS) is 10.1. The molecule has 0 heterocycles. The van der Waals surface area contributed by atoms with Gasteiger partial charge in [-0.3, -0.25) is 4.79 Å². The second-order valence-corrected chi connectivity index (χ2v) is 4.15. The van der Waals surface area contributed by atoms with Crippen molar-refractivity contribution in [3.63, 3.8) is 0 Å². The molecule has 0 bridgehead atoms. The lowest BCUT2D eigenvalue weighted by molar-refractivity contribution is 0.0697. The summed E-state index contributed by atoms with van der Waals surface area (Å²) in [5.74, 6) is -1.06. The topological polar surface area (TPSA) is 54.4 Å². The average Bonchev–Trinajstić information content (AvgIpc) is 2.38. The van der Waals surface area contributed by atoms with Crippen LogP contribution in [-0.4, -0.2) is 17.4 Å². The van der Waals surface area contributed by atoms with Crippen molar-refractivity contribution in [3.8, 4) is 11.1 Å². The van der Waals surface area contributed by atoms with E-state index in [4.69, 9.17) is 16.7 Å². The van der Waals surface area contributed by atoms with Crippen LogP contribution in [0, 0.1) is 0 Å². The molecule has 0 radical (unpaired) electrons. The average molecular weight is 261 g/mol. The number of carbonyl (C=O) groups excluding carboxylic acids is 1. The van der Waals surface area contributed by atoms with E-state index < -0.39 is 5.97 Å². The standard InChI is InChI=1S/C14H9ClO3/c15-13-7-11(4-5-12(13)14(17)18)10-3-1-2-9(6-10)8-16/h1-8H,(H,17,18). The Morgan fingerprint density at radius 3 is 2.44 bits per heavy atom. The minimum absolute atomic E-state index is 0.0620. The summed E-state index contributed by atoms with van der Waals surface area (Å²) in [4.78, 5) is 21.5. The van der Waals surface area contributed by atoms with Gasteiger partial charge in [-0.15, -0.1) is 0 Å². The van der Waals surface area contributed by atoms with Crippen LogP contribution in [-0.2, 0) is 0 Å². The van der Waals surface area contributed by atoms with E-state index in [-0.39, 0.29) is 10.6 Å². The molecule has 0 aliphatic heterocycles. The minimum atomic E-state index is -1.06. The summed E-state index contributed by atoms with van der Waals surface area (Å²) in [6, 6.07) is 11.7. The lowest BCUT2D eigenvalue weighted by Crippen LogP contribution is -1.97. The summed E-state index contributed by atoms with van der Waals surface area (Å²) in [5.41, 5.74) is 2.21. The molecule has 4 heteroatoms. The summed E-state index contributed by atoms with van der Waals surface area (Å²) >= 11 is 5.90. The molecule has 1 N–H and O–H groups in total. The Kier molecular flexibility index (Phi) is 3.44. The molecule has 0 saturated carbocycles. The first kappa shape index (κ1) is 12.3. The van der Waals surface area contributed by atoms with Crippen molar-refractivity contribution >= 4 is 23.9 Å². The quantitative estimate of drug-likeness (QED) is 0.859. The van der Waals surface area contributed by atoms with Crippen molar-refractivity contribution in [2.75, 3.05) is 0 Å². The van der Waals surface area contributed by atoms with Crippen molar-refractivity contribution in [2.24, 2.45) is 0 Å². The Hall–Kier alpha value is -2.13. The van der Waals surface area contributed by atoms with E-state index in [0.29, 0.717) is 5.56 Å². The largest absolute Gasteiger partial charge is 0.478 e. The molecule has 3 nitrogen and oxygen atoms in total. The van der Waals surface area contributed by atoms with Gasteiger partial charge in [0, 0.05) is 5.56 Å². The number of benzene rings is 2. The Balaban J connectivity index is 2.48. The molecule has 0 aromatic heterocycles. The summed E-state index contributed by atoms with van der Waals surface area (Å²) in [6.45, 7) is 0. The second-order valence-electron chi connectivity index (χ2n) is 3.74. The number of aromatic carboxylic acids is 1. The first-order chi connectivity index (χ1) is 8.61. The predicted octanol–water partition coefficient (Wildman–Crippen LogP) is 3.52. The number of hydrogen-bond donors (Lipinski definition) is 1. The van der Waals surface area contributed by atoms with Gasteiger partial charge < -0.3 is 5.11 Å². The van der Waals surface area contributed by atoms with Crippen LogP contribution < -0.4 is 0 Å². The third-order valence-corrected chi connectivity index (χ3v) is 2.87. The number of hydrogen-bond acceptors (Lipinski definition) is 2. The predicted molar refractivity (Wildman–Crippen MR) is 69.2 cm³/mol. The van der Waals surface area contributed by atoms with Crippen LogP contribution >= 0.6 is 11.6 Å². The highest BCUT2D eigenvalue weighted by atomic mass is 35.5. The monoisotopic (exact) mass is 260 g/mol. The van der Waals surface area contributed by atoms with Crippen LogP contribution in [0.1, 0.15) is 20.7 Å².